The number of nitrogens with one attached hydrogen (secondary N) is 1. The molecule has 154 valence electrons. The van der Waals surface area contributed by atoms with Gasteiger partial charge in [0, 0.05) is 5.92 Å². The molecule has 2 aliphatic rings. The number of ether oxygens (including phenoxy) is 2. The minimum absolute atomic E-state index is 0.0709. The summed E-state index contributed by atoms with van der Waals surface area (Å²) in [6.07, 6.45) is -6.56. The number of hydrogen-bond donors (Lipinski definition) is 5. The van der Waals surface area contributed by atoms with E-state index in [4.69, 9.17) is 14.6 Å². The zero-order valence-corrected chi connectivity index (χ0v) is 15.5. The Labute approximate surface area is 167 Å². The van der Waals surface area contributed by atoms with Crippen LogP contribution in [0.15, 0.2) is 48.5 Å². The maximum absolute atomic E-state index is 12.3. The first kappa shape index (κ1) is 19.8. The minimum atomic E-state index is -1.59. The minimum Gasteiger partial charge on any atom is -0.449 e. The third kappa shape index (κ3) is 3.61. The Morgan fingerprint density at radius 3 is 2.14 bits per heavy atom. The molecule has 0 spiro atoms. The number of benzene rings is 2. The molecule has 8 nitrogen and oxygen atoms in total. The average molecular weight is 401 g/mol. The molecular formula is C21H23NO7. The van der Waals surface area contributed by atoms with Gasteiger partial charge in [0.1, 0.15) is 31.0 Å². The first-order valence-electron chi connectivity index (χ1n) is 9.43. The van der Waals surface area contributed by atoms with Crippen molar-refractivity contribution in [1.82, 2.24) is 5.32 Å². The summed E-state index contributed by atoms with van der Waals surface area (Å²) >= 11 is 0. The van der Waals surface area contributed by atoms with Crippen LogP contribution in [0.25, 0.3) is 11.1 Å². The molecule has 0 aromatic heterocycles. The van der Waals surface area contributed by atoms with Crippen molar-refractivity contribution in [2.45, 2.75) is 36.6 Å². The summed E-state index contributed by atoms with van der Waals surface area (Å²) in [6.45, 7) is -0.506. The van der Waals surface area contributed by atoms with E-state index in [1.807, 2.05) is 48.5 Å². The molecule has 1 unspecified atom stereocenters. The molecule has 4 rings (SSSR count). The van der Waals surface area contributed by atoms with Crippen LogP contribution in [0.1, 0.15) is 17.0 Å². The molecule has 0 bridgehead atoms. The van der Waals surface area contributed by atoms with Gasteiger partial charge >= 0.3 is 6.09 Å². The third-order valence-electron chi connectivity index (χ3n) is 5.53. The van der Waals surface area contributed by atoms with Gasteiger partial charge < -0.3 is 35.2 Å². The van der Waals surface area contributed by atoms with E-state index < -0.39 is 43.3 Å². The van der Waals surface area contributed by atoms with E-state index in [1.54, 1.807) is 0 Å². The fraction of sp³-hybridized carbons (Fsp3) is 0.381. The number of carbonyl (C=O) groups is 1. The van der Waals surface area contributed by atoms with Gasteiger partial charge in [-0.2, -0.15) is 0 Å². The van der Waals surface area contributed by atoms with Crippen LogP contribution in [0, 0.1) is 0 Å². The van der Waals surface area contributed by atoms with Crippen molar-refractivity contribution >= 4 is 6.09 Å². The normalized spacial score (nSPS) is 28.5. The molecule has 0 saturated carbocycles. The van der Waals surface area contributed by atoms with Crippen molar-refractivity contribution in [3.05, 3.63) is 59.7 Å². The van der Waals surface area contributed by atoms with E-state index in [0.29, 0.717) is 0 Å². The monoisotopic (exact) mass is 401 g/mol. The molecule has 1 saturated heterocycles. The van der Waals surface area contributed by atoms with Crippen molar-refractivity contribution in [3.8, 4) is 11.1 Å². The summed E-state index contributed by atoms with van der Waals surface area (Å²) in [5.74, 6) is -0.130. The van der Waals surface area contributed by atoms with Gasteiger partial charge in [-0.3, -0.25) is 0 Å². The number of alkyl carbamates (subject to hydrolysis) is 1. The summed E-state index contributed by atoms with van der Waals surface area (Å²) in [7, 11) is 0. The molecule has 1 heterocycles. The Morgan fingerprint density at radius 1 is 0.966 bits per heavy atom. The molecule has 29 heavy (non-hydrogen) atoms. The molecule has 1 aliphatic heterocycles. The van der Waals surface area contributed by atoms with Crippen molar-refractivity contribution in [3.63, 3.8) is 0 Å². The Kier molecular flexibility index (Phi) is 5.53. The predicted octanol–water partition coefficient (Wildman–Crippen LogP) is 0.325. The van der Waals surface area contributed by atoms with Gasteiger partial charge in [-0.05, 0) is 22.3 Å². The Morgan fingerprint density at radius 2 is 1.55 bits per heavy atom. The van der Waals surface area contributed by atoms with Crippen molar-refractivity contribution in [2.75, 3.05) is 13.2 Å². The van der Waals surface area contributed by atoms with Gasteiger partial charge in [0.05, 0.1) is 6.61 Å². The maximum atomic E-state index is 12.3. The summed E-state index contributed by atoms with van der Waals surface area (Å²) in [4.78, 5) is 12.3. The van der Waals surface area contributed by atoms with Gasteiger partial charge in [0.15, 0.2) is 6.29 Å². The molecule has 0 radical (unpaired) electrons. The third-order valence-corrected chi connectivity index (χ3v) is 5.53. The standard InChI is InChI=1S/C21H23NO7/c23-9-16-18(24)19(25)17(20(26)29-16)22-21(27)28-10-15-13-7-3-1-5-11(13)12-6-2-4-8-14(12)15/h1-8,15-20,23-26H,9-10H2,(H,22,27)/t16-,17-,18-,19-,20?/m1/s1. The fourth-order valence-electron chi connectivity index (χ4n) is 4.03. The number of aliphatic hydroxyl groups excluding tert-OH is 4. The second kappa shape index (κ2) is 8.10. The number of aliphatic hydroxyl groups is 4. The average Bonchev–Trinajstić information content (AvgIpc) is 3.06. The predicted molar refractivity (Wildman–Crippen MR) is 102 cm³/mol. The second-order valence-corrected chi connectivity index (χ2v) is 7.22. The molecule has 8 heteroatoms. The highest BCUT2D eigenvalue weighted by Gasteiger charge is 2.44. The smallest absolute Gasteiger partial charge is 0.407 e. The number of hydrogen-bond acceptors (Lipinski definition) is 7. The van der Waals surface area contributed by atoms with Gasteiger partial charge in [0.25, 0.3) is 0 Å². The van der Waals surface area contributed by atoms with Crippen LogP contribution in [-0.2, 0) is 9.47 Å². The Hall–Kier alpha value is -2.49. The number of rotatable bonds is 4. The highest BCUT2D eigenvalue weighted by Crippen LogP contribution is 2.44. The van der Waals surface area contributed by atoms with Gasteiger partial charge in [-0.1, -0.05) is 48.5 Å². The van der Waals surface area contributed by atoms with Crippen molar-refractivity contribution in [2.24, 2.45) is 0 Å². The van der Waals surface area contributed by atoms with E-state index in [2.05, 4.69) is 5.32 Å². The summed E-state index contributed by atoms with van der Waals surface area (Å²) in [5, 5.41) is 41.5. The quantitative estimate of drug-likeness (QED) is 0.499. The molecule has 1 amide bonds. The lowest BCUT2D eigenvalue weighted by Gasteiger charge is -2.40. The summed E-state index contributed by atoms with van der Waals surface area (Å²) in [5.41, 5.74) is 4.32. The topological polar surface area (TPSA) is 128 Å². The molecular weight excluding hydrogens is 378 g/mol. The van der Waals surface area contributed by atoms with Crippen LogP contribution >= 0.6 is 0 Å². The van der Waals surface area contributed by atoms with E-state index in [-0.39, 0.29) is 12.5 Å². The van der Waals surface area contributed by atoms with Crippen LogP contribution in [0.4, 0.5) is 4.79 Å². The lowest BCUT2D eigenvalue weighted by atomic mass is 9.97. The highest BCUT2D eigenvalue weighted by molar-refractivity contribution is 5.79. The number of fused-ring (bicyclic) bond motifs is 3. The van der Waals surface area contributed by atoms with Crippen LogP contribution < -0.4 is 5.32 Å². The maximum Gasteiger partial charge on any atom is 0.407 e. The van der Waals surface area contributed by atoms with E-state index in [1.165, 1.54) is 0 Å². The van der Waals surface area contributed by atoms with Crippen LogP contribution in [0.5, 0.6) is 0 Å². The molecule has 1 fully saturated rings. The largest absolute Gasteiger partial charge is 0.449 e. The zero-order chi connectivity index (χ0) is 20.5. The molecule has 5 atom stereocenters. The SMILES string of the molecule is O=C(N[C@H]1C(O)O[C@H](CO)[C@@H](O)[C@@H]1O)OCC1c2ccccc2-c2ccccc21. The first-order valence-corrected chi connectivity index (χ1v) is 9.43. The van der Waals surface area contributed by atoms with E-state index >= 15 is 0 Å². The van der Waals surface area contributed by atoms with E-state index in [0.717, 1.165) is 22.3 Å². The second-order valence-electron chi connectivity index (χ2n) is 7.22. The fourth-order valence-corrected chi connectivity index (χ4v) is 4.03. The van der Waals surface area contributed by atoms with Crippen LogP contribution in [0.2, 0.25) is 0 Å². The highest BCUT2D eigenvalue weighted by atomic mass is 16.6. The first-order chi connectivity index (χ1) is 14.0. The molecule has 5 N–H and O–H groups in total. The van der Waals surface area contributed by atoms with Gasteiger partial charge in [-0.25, -0.2) is 4.79 Å². The van der Waals surface area contributed by atoms with Crippen molar-refractivity contribution < 1.29 is 34.7 Å². The van der Waals surface area contributed by atoms with Crippen LogP contribution in [-0.4, -0.2) is 70.4 Å². The number of carbonyl (C=O) groups excluding carboxylic acids is 1. The van der Waals surface area contributed by atoms with Crippen LogP contribution in [0.3, 0.4) is 0 Å². The Balaban J connectivity index is 1.43. The lowest BCUT2D eigenvalue weighted by molar-refractivity contribution is -0.253. The Bertz CT molecular complexity index is 843. The summed E-state index contributed by atoms with van der Waals surface area (Å²) < 4.78 is 10.4. The summed E-state index contributed by atoms with van der Waals surface area (Å²) in [6, 6.07) is 14.5. The zero-order valence-electron chi connectivity index (χ0n) is 15.5. The molecule has 2 aromatic rings. The molecule has 2 aromatic carbocycles. The lowest BCUT2D eigenvalue weighted by Crippen LogP contribution is -2.64. The van der Waals surface area contributed by atoms with Gasteiger partial charge in [-0.15, -0.1) is 0 Å². The molecule has 1 aliphatic carbocycles. The van der Waals surface area contributed by atoms with E-state index in [9.17, 15) is 20.1 Å². The van der Waals surface area contributed by atoms with Crippen molar-refractivity contribution in [1.29, 1.82) is 0 Å². The number of amides is 1. The van der Waals surface area contributed by atoms with Gasteiger partial charge in [0.2, 0.25) is 0 Å².